The normalized spacial score (nSPS) is 10.4. The molecule has 2 amide bonds. The Kier molecular flexibility index (Phi) is 6.72. The highest BCUT2D eigenvalue weighted by molar-refractivity contribution is 6.01. The number of anilines is 1. The predicted molar refractivity (Wildman–Crippen MR) is 103 cm³/mol. The highest BCUT2D eigenvalue weighted by Gasteiger charge is 2.11. The summed E-state index contributed by atoms with van der Waals surface area (Å²) >= 11 is 0. The lowest BCUT2D eigenvalue weighted by molar-refractivity contribution is -0.113. The molecule has 0 aliphatic rings. The van der Waals surface area contributed by atoms with Crippen LogP contribution in [0.3, 0.4) is 0 Å². The van der Waals surface area contributed by atoms with Crippen LogP contribution in [-0.2, 0) is 17.9 Å². The second-order valence-electron chi connectivity index (χ2n) is 6.19. The van der Waals surface area contributed by atoms with Crippen molar-refractivity contribution in [3.8, 4) is 0 Å². The zero-order valence-electron chi connectivity index (χ0n) is 15.7. The monoisotopic (exact) mass is 354 g/mol. The van der Waals surface area contributed by atoms with Crippen LogP contribution in [0.4, 0.5) is 5.69 Å². The Balaban J connectivity index is 1.97. The lowest BCUT2D eigenvalue weighted by Crippen LogP contribution is -2.25. The van der Waals surface area contributed by atoms with Crippen LogP contribution < -0.4 is 10.2 Å². The third-order valence-electron chi connectivity index (χ3n) is 4.25. The van der Waals surface area contributed by atoms with Crippen LogP contribution in [0.1, 0.15) is 41.4 Å². The number of carbonyl (C=O) groups excluding carboxylic acids is 2. The number of amides is 2. The fourth-order valence-electron chi connectivity index (χ4n) is 2.55. The Morgan fingerprint density at radius 1 is 1.31 bits per heavy atom. The van der Waals surface area contributed by atoms with Crippen molar-refractivity contribution in [2.75, 3.05) is 11.9 Å². The van der Waals surface area contributed by atoms with E-state index < -0.39 is 0 Å². The summed E-state index contributed by atoms with van der Waals surface area (Å²) in [5.74, 6) is -0.354. The predicted octanol–water partition coefficient (Wildman–Crippen LogP) is 3.07. The lowest BCUT2D eigenvalue weighted by Gasteiger charge is -2.15. The van der Waals surface area contributed by atoms with Crippen LogP contribution >= 0.6 is 0 Å². The standard InChI is InChI=1S/C20H26N4O2/c1-5-7-12-24-14-17(15(3)22-24)13-21-20(26)16-8-10-18(11-9-16)23(4)19(25)6-2/h6,8-11,14H,2,5,7,12-13H2,1,3-4H3,(H,21,26). The van der Waals surface area contributed by atoms with Crippen LogP contribution in [0.25, 0.3) is 0 Å². The maximum absolute atomic E-state index is 12.3. The van der Waals surface area contributed by atoms with E-state index in [1.165, 1.54) is 11.0 Å². The average Bonchev–Trinajstić information content (AvgIpc) is 3.02. The van der Waals surface area contributed by atoms with Crippen molar-refractivity contribution >= 4 is 17.5 Å². The first-order valence-electron chi connectivity index (χ1n) is 8.77. The number of carbonyl (C=O) groups is 2. The maximum Gasteiger partial charge on any atom is 0.251 e. The zero-order valence-corrected chi connectivity index (χ0v) is 15.7. The smallest absolute Gasteiger partial charge is 0.251 e. The van der Waals surface area contributed by atoms with Crippen molar-refractivity contribution in [2.24, 2.45) is 0 Å². The van der Waals surface area contributed by atoms with Gasteiger partial charge in [-0.25, -0.2) is 0 Å². The summed E-state index contributed by atoms with van der Waals surface area (Å²) in [5.41, 5.74) is 3.20. The Labute approximate surface area is 154 Å². The number of aromatic nitrogens is 2. The summed E-state index contributed by atoms with van der Waals surface area (Å²) in [5, 5.41) is 7.39. The number of aryl methyl sites for hydroxylation is 2. The van der Waals surface area contributed by atoms with Gasteiger partial charge in [-0.2, -0.15) is 5.10 Å². The molecule has 0 unspecified atom stereocenters. The molecule has 26 heavy (non-hydrogen) atoms. The van der Waals surface area contributed by atoms with Gasteiger partial charge in [-0.1, -0.05) is 19.9 Å². The molecule has 1 aromatic carbocycles. The minimum absolute atomic E-state index is 0.157. The van der Waals surface area contributed by atoms with Gasteiger partial charge in [0.1, 0.15) is 0 Å². The van der Waals surface area contributed by atoms with Crippen LogP contribution in [0.2, 0.25) is 0 Å². The minimum atomic E-state index is -0.197. The van der Waals surface area contributed by atoms with Gasteiger partial charge in [-0.05, 0) is 43.7 Å². The first-order valence-corrected chi connectivity index (χ1v) is 8.77. The fraction of sp³-hybridized carbons (Fsp3) is 0.350. The molecule has 1 N–H and O–H groups in total. The Hall–Kier alpha value is -2.89. The van der Waals surface area contributed by atoms with Crippen LogP contribution in [0.5, 0.6) is 0 Å². The molecule has 0 aliphatic carbocycles. The van der Waals surface area contributed by atoms with Crippen LogP contribution in [0.15, 0.2) is 43.1 Å². The summed E-state index contributed by atoms with van der Waals surface area (Å²) in [6.45, 7) is 8.90. The van der Waals surface area contributed by atoms with Crippen molar-refractivity contribution in [1.29, 1.82) is 0 Å². The molecule has 2 aromatic rings. The van der Waals surface area contributed by atoms with E-state index in [9.17, 15) is 9.59 Å². The lowest BCUT2D eigenvalue weighted by atomic mass is 10.1. The number of rotatable bonds is 8. The third-order valence-corrected chi connectivity index (χ3v) is 4.25. The van der Waals surface area contributed by atoms with Gasteiger partial charge in [-0.3, -0.25) is 14.3 Å². The highest BCUT2D eigenvalue weighted by Crippen LogP contribution is 2.14. The van der Waals surface area contributed by atoms with E-state index in [0.717, 1.165) is 30.6 Å². The molecular formula is C20H26N4O2. The second-order valence-corrected chi connectivity index (χ2v) is 6.19. The number of benzene rings is 1. The molecule has 1 heterocycles. The molecule has 0 fully saturated rings. The van der Waals surface area contributed by atoms with Crippen LogP contribution in [-0.4, -0.2) is 28.6 Å². The van der Waals surface area contributed by atoms with Gasteiger partial charge in [0.15, 0.2) is 0 Å². The molecular weight excluding hydrogens is 328 g/mol. The SMILES string of the molecule is C=CC(=O)N(C)c1ccc(C(=O)NCc2cn(CCCC)nc2C)cc1. The molecule has 0 saturated heterocycles. The van der Waals surface area contributed by atoms with Crippen LogP contribution in [0, 0.1) is 6.92 Å². The van der Waals surface area contributed by atoms with E-state index in [2.05, 4.69) is 23.9 Å². The summed E-state index contributed by atoms with van der Waals surface area (Å²) in [7, 11) is 1.66. The summed E-state index contributed by atoms with van der Waals surface area (Å²) < 4.78 is 1.93. The van der Waals surface area contributed by atoms with Gasteiger partial charge < -0.3 is 10.2 Å². The summed E-state index contributed by atoms with van der Waals surface area (Å²) in [4.78, 5) is 25.4. The fourth-order valence-corrected chi connectivity index (χ4v) is 2.55. The number of nitrogens with one attached hydrogen (secondary N) is 1. The molecule has 6 heteroatoms. The zero-order chi connectivity index (χ0) is 19.1. The quantitative estimate of drug-likeness (QED) is 0.741. The average molecular weight is 354 g/mol. The van der Waals surface area contributed by atoms with Crippen molar-refractivity contribution in [1.82, 2.24) is 15.1 Å². The minimum Gasteiger partial charge on any atom is -0.348 e. The van der Waals surface area contributed by atoms with Gasteiger partial charge in [0.25, 0.3) is 5.91 Å². The molecule has 0 bridgehead atoms. The van der Waals surface area contributed by atoms with Gasteiger partial charge in [0.2, 0.25) is 5.91 Å². The van der Waals surface area contributed by atoms with Crippen molar-refractivity contribution < 1.29 is 9.59 Å². The number of likely N-dealkylation sites (N-methyl/N-ethyl adjacent to an activating group) is 1. The molecule has 6 nitrogen and oxygen atoms in total. The van der Waals surface area contributed by atoms with Gasteiger partial charge in [0, 0.05) is 43.1 Å². The van der Waals surface area contributed by atoms with E-state index in [4.69, 9.17) is 0 Å². The van der Waals surface area contributed by atoms with Gasteiger partial charge >= 0.3 is 0 Å². The summed E-state index contributed by atoms with van der Waals surface area (Å²) in [6.07, 6.45) is 5.45. The van der Waals surface area contributed by atoms with E-state index in [-0.39, 0.29) is 11.8 Å². The van der Waals surface area contributed by atoms with Gasteiger partial charge in [-0.15, -0.1) is 0 Å². The molecule has 138 valence electrons. The molecule has 0 atom stereocenters. The first kappa shape index (κ1) is 19.4. The first-order chi connectivity index (χ1) is 12.5. The maximum atomic E-state index is 12.3. The number of unbranched alkanes of at least 4 members (excludes halogenated alkanes) is 1. The molecule has 0 radical (unpaired) electrons. The second kappa shape index (κ2) is 8.99. The highest BCUT2D eigenvalue weighted by atomic mass is 16.2. The van der Waals surface area contributed by atoms with Crippen molar-refractivity contribution in [2.45, 2.75) is 39.8 Å². The van der Waals surface area contributed by atoms with E-state index in [1.54, 1.807) is 31.3 Å². The number of hydrogen-bond acceptors (Lipinski definition) is 3. The summed E-state index contributed by atoms with van der Waals surface area (Å²) in [6, 6.07) is 6.89. The third kappa shape index (κ3) is 4.81. The van der Waals surface area contributed by atoms with Crippen molar-refractivity contribution in [3.05, 3.63) is 59.9 Å². The Morgan fingerprint density at radius 3 is 2.62 bits per heavy atom. The molecule has 2 rings (SSSR count). The molecule has 1 aromatic heterocycles. The van der Waals surface area contributed by atoms with E-state index >= 15 is 0 Å². The Bertz CT molecular complexity index is 778. The molecule has 0 saturated carbocycles. The van der Waals surface area contributed by atoms with E-state index in [0.29, 0.717) is 17.8 Å². The number of nitrogens with zero attached hydrogens (tertiary/aromatic N) is 3. The van der Waals surface area contributed by atoms with Crippen molar-refractivity contribution in [3.63, 3.8) is 0 Å². The number of hydrogen-bond donors (Lipinski definition) is 1. The largest absolute Gasteiger partial charge is 0.348 e. The topological polar surface area (TPSA) is 67.2 Å². The molecule has 0 aliphatic heterocycles. The van der Waals surface area contributed by atoms with Gasteiger partial charge in [0.05, 0.1) is 5.69 Å². The van der Waals surface area contributed by atoms with E-state index in [1.807, 2.05) is 17.8 Å². The molecule has 0 spiro atoms. The Morgan fingerprint density at radius 2 is 2.00 bits per heavy atom.